The van der Waals surface area contributed by atoms with Crippen molar-refractivity contribution in [3.63, 3.8) is 0 Å². The number of nitrogens with zero attached hydrogens (tertiary/aromatic N) is 2. The van der Waals surface area contributed by atoms with Crippen LogP contribution in [0.1, 0.15) is 70.6 Å². The van der Waals surface area contributed by atoms with E-state index in [0.717, 1.165) is 43.5 Å². The van der Waals surface area contributed by atoms with Crippen LogP contribution in [0.15, 0.2) is 48.2 Å². The Balaban J connectivity index is 1.31. The van der Waals surface area contributed by atoms with Crippen LogP contribution in [0.4, 0.5) is 0 Å². The van der Waals surface area contributed by atoms with E-state index in [2.05, 4.69) is 50.4 Å². The Labute approximate surface area is 196 Å². The molecule has 0 bridgehead atoms. The van der Waals surface area contributed by atoms with Gasteiger partial charge < -0.3 is 4.74 Å². The molecule has 33 heavy (non-hydrogen) atoms. The molecule has 0 radical (unpaired) electrons. The third-order valence-corrected chi connectivity index (χ3v) is 9.66. The van der Waals surface area contributed by atoms with E-state index >= 15 is 0 Å². The van der Waals surface area contributed by atoms with Gasteiger partial charge in [-0.3, -0.25) is 4.79 Å². The number of ether oxygens (including phenoxy) is 1. The summed E-state index contributed by atoms with van der Waals surface area (Å²) in [5.74, 6) is 2.75. The summed E-state index contributed by atoms with van der Waals surface area (Å²) in [5.41, 5.74) is 5.70. The second-order valence-electron chi connectivity index (χ2n) is 11.3. The van der Waals surface area contributed by atoms with Crippen LogP contribution in [0.5, 0.6) is 0 Å². The fraction of sp³-hybridized carbons (Fsp3) is 0.552. The number of carbonyl (C=O) groups excluding carboxylic acids is 1. The van der Waals surface area contributed by atoms with Crippen LogP contribution < -0.4 is 0 Å². The summed E-state index contributed by atoms with van der Waals surface area (Å²) in [7, 11) is 0. The van der Waals surface area contributed by atoms with Gasteiger partial charge in [-0.25, -0.2) is 9.97 Å². The number of benzene rings is 1. The lowest BCUT2D eigenvalue weighted by atomic mass is 9.48. The summed E-state index contributed by atoms with van der Waals surface area (Å²) < 4.78 is 5.60. The second kappa shape index (κ2) is 7.51. The van der Waals surface area contributed by atoms with Gasteiger partial charge in [0.05, 0.1) is 5.69 Å². The summed E-state index contributed by atoms with van der Waals surface area (Å²) in [6, 6.07) is 10.4. The highest BCUT2D eigenvalue weighted by Gasteiger charge is 2.58. The molecule has 0 spiro atoms. The van der Waals surface area contributed by atoms with Crippen molar-refractivity contribution < 1.29 is 9.53 Å². The van der Waals surface area contributed by atoms with Gasteiger partial charge in [-0.2, -0.15) is 0 Å². The lowest BCUT2D eigenvalue weighted by Gasteiger charge is -2.57. The van der Waals surface area contributed by atoms with Crippen molar-refractivity contribution in [2.45, 2.75) is 77.2 Å². The summed E-state index contributed by atoms with van der Waals surface area (Å²) in [5, 5.41) is 0. The zero-order chi connectivity index (χ0) is 22.8. The Kier molecular flexibility index (Phi) is 4.80. The third kappa shape index (κ3) is 3.20. The van der Waals surface area contributed by atoms with Crippen molar-refractivity contribution in [3.05, 3.63) is 59.4 Å². The number of carbonyl (C=O) groups is 1. The summed E-state index contributed by atoms with van der Waals surface area (Å²) >= 11 is 0. The Morgan fingerprint density at radius 3 is 2.61 bits per heavy atom. The SMILES string of the molecule is CC(=O)O[C@H]1CC[C@@]2(C)C(=CC[C@@H]3[C@@H]2CC[C@]2(C)c4nc(-c5ccccc5)ncc4C[C@@H]32)C1. The van der Waals surface area contributed by atoms with Gasteiger partial charge in [0.2, 0.25) is 0 Å². The zero-order valence-corrected chi connectivity index (χ0v) is 20.0. The van der Waals surface area contributed by atoms with Gasteiger partial charge in [-0.1, -0.05) is 55.8 Å². The monoisotopic (exact) mass is 442 g/mol. The van der Waals surface area contributed by atoms with Crippen LogP contribution >= 0.6 is 0 Å². The molecule has 0 amide bonds. The predicted octanol–water partition coefficient (Wildman–Crippen LogP) is 6.05. The molecule has 172 valence electrons. The maximum absolute atomic E-state index is 11.5. The number of hydrogen-bond donors (Lipinski definition) is 0. The number of esters is 1. The highest BCUT2D eigenvalue weighted by molar-refractivity contribution is 5.66. The van der Waals surface area contributed by atoms with Gasteiger partial charge >= 0.3 is 5.97 Å². The molecular formula is C29H34N2O2. The van der Waals surface area contributed by atoms with E-state index in [-0.39, 0.29) is 22.9 Å². The highest BCUT2D eigenvalue weighted by Crippen LogP contribution is 2.64. The summed E-state index contributed by atoms with van der Waals surface area (Å²) in [6.45, 7) is 6.50. The number of hydrogen-bond acceptors (Lipinski definition) is 4. The highest BCUT2D eigenvalue weighted by atomic mass is 16.5. The quantitative estimate of drug-likeness (QED) is 0.419. The average molecular weight is 443 g/mol. The van der Waals surface area contributed by atoms with Gasteiger partial charge in [0.1, 0.15) is 6.10 Å². The Hall–Kier alpha value is -2.49. The van der Waals surface area contributed by atoms with E-state index in [9.17, 15) is 4.79 Å². The average Bonchev–Trinajstić information content (AvgIpc) is 3.11. The van der Waals surface area contributed by atoms with E-state index in [1.807, 2.05) is 6.07 Å². The van der Waals surface area contributed by atoms with Crippen LogP contribution in [-0.4, -0.2) is 22.0 Å². The van der Waals surface area contributed by atoms with Gasteiger partial charge in [0.15, 0.2) is 5.82 Å². The van der Waals surface area contributed by atoms with E-state index in [1.165, 1.54) is 31.0 Å². The Bertz CT molecular complexity index is 1130. The lowest BCUT2D eigenvalue weighted by molar-refractivity contribution is -0.148. The van der Waals surface area contributed by atoms with E-state index < -0.39 is 0 Å². The molecule has 4 aliphatic rings. The molecule has 0 saturated heterocycles. The van der Waals surface area contributed by atoms with E-state index in [0.29, 0.717) is 17.8 Å². The lowest BCUT2D eigenvalue weighted by Crippen LogP contribution is -2.51. The minimum Gasteiger partial charge on any atom is -0.462 e. The van der Waals surface area contributed by atoms with Crippen molar-refractivity contribution in [1.82, 2.24) is 9.97 Å². The molecule has 0 unspecified atom stereocenters. The normalized spacial score (nSPS) is 36.6. The minimum atomic E-state index is -0.147. The predicted molar refractivity (Wildman–Crippen MR) is 128 cm³/mol. The molecule has 4 aliphatic carbocycles. The molecule has 0 aliphatic heterocycles. The van der Waals surface area contributed by atoms with Gasteiger partial charge in [0, 0.05) is 30.5 Å². The van der Waals surface area contributed by atoms with Gasteiger partial charge in [-0.05, 0) is 67.3 Å². The van der Waals surface area contributed by atoms with Crippen molar-refractivity contribution in [2.24, 2.45) is 23.2 Å². The first-order valence-corrected chi connectivity index (χ1v) is 12.7. The fourth-order valence-electron chi connectivity index (χ4n) is 7.97. The third-order valence-electron chi connectivity index (χ3n) is 9.66. The van der Waals surface area contributed by atoms with Crippen LogP contribution in [-0.2, 0) is 21.4 Å². The molecule has 4 nitrogen and oxygen atoms in total. The maximum Gasteiger partial charge on any atom is 0.302 e. The molecule has 6 rings (SSSR count). The smallest absolute Gasteiger partial charge is 0.302 e. The Morgan fingerprint density at radius 1 is 1.03 bits per heavy atom. The second-order valence-corrected chi connectivity index (χ2v) is 11.3. The van der Waals surface area contributed by atoms with Crippen molar-refractivity contribution in [1.29, 1.82) is 0 Å². The van der Waals surface area contributed by atoms with Crippen molar-refractivity contribution in [3.8, 4) is 11.4 Å². The van der Waals surface area contributed by atoms with Crippen LogP contribution in [0.2, 0.25) is 0 Å². The molecule has 2 saturated carbocycles. The van der Waals surface area contributed by atoms with E-state index in [4.69, 9.17) is 14.7 Å². The molecule has 6 atom stereocenters. The van der Waals surface area contributed by atoms with Crippen LogP contribution in [0.25, 0.3) is 11.4 Å². The molecule has 1 aromatic heterocycles. The molecule has 2 fully saturated rings. The number of aromatic nitrogens is 2. The molecular weight excluding hydrogens is 408 g/mol. The first-order chi connectivity index (χ1) is 15.9. The van der Waals surface area contributed by atoms with E-state index in [1.54, 1.807) is 5.57 Å². The van der Waals surface area contributed by atoms with Crippen molar-refractivity contribution >= 4 is 5.97 Å². The molecule has 4 heteroatoms. The largest absolute Gasteiger partial charge is 0.462 e. The van der Waals surface area contributed by atoms with Crippen LogP contribution in [0, 0.1) is 23.2 Å². The first kappa shape index (κ1) is 21.1. The molecule has 2 aromatic rings. The molecule has 1 heterocycles. The number of allylic oxidation sites excluding steroid dienone is 1. The molecule has 0 N–H and O–H groups in total. The van der Waals surface area contributed by atoms with Gasteiger partial charge in [0.25, 0.3) is 0 Å². The summed E-state index contributed by atoms with van der Waals surface area (Å²) in [6.07, 6.45) is 12.5. The Morgan fingerprint density at radius 2 is 1.82 bits per heavy atom. The first-order valence-electron chi connectivity index (χ1n) is 12.7. The number of rotatable bonds is 2. The topological polar surface area (TPSA) is 52.1 Å². The zero-order valence-electron chi connectivity index (χ0n) is 20.0. The maximum atomic E-state index is 11.5. The standard InChI is InChI=1S/C29H34N2O2/c1-18(32)33-22-11-13-28(2)21(16-22)9-10-23-24(28)12-14-29(3)25(23)15-20-17-30-27(31-26(20)29)19-7-5-4-6-8-19/h4-9,17,22-25H,10-16H2,1-3H3/t22-,23+,24-,25-,28-,29-/m0/s1. The number of fused-ring (bicyclic) bond motifs is 7. The van der Waals surface area contributed by atoms with Crippen LogP contribution in [0.3, 0.4) is 0 Å². The summed E-state index contributed by atoms with van der Waals surface area (Å²) in [4.78, 5) is 21.4. The minimum absolute atomic E-state index is 0.0645. The fourth-order valence-corrected chi connectivity index (χ4v) is 7.97. The molecule has 1 aromatic carbocycles. The van der Waals surface area contributed by atoms with Crippen molar-refractivity contribution in [2.75, 3.05) is 0 Å². The van der Waals surface area contributed by atoms with Gasteiger partial charge in [-0.15, -0.1) is 0 Å².